The molecule has 0 saturated heterocycles. The second kappa shape index (κ2) is 11.1. The number of halogens is 2. The van der Waals surface area contributed by atoms with Crippen molar-refractivity contribution in [2.75, 3.05) is 20.7 Å². The van der Waals surface area contributed by atoms with Crippen molar-refractivity contribution < 1.29 is 4.74 Å². The van der Waals surface area contributed by atoms with E-state index in [4.69, 9.17) is 16.3 Å². The van der Waals surface area contributed by atoms with Crippen LogP contribution in [-0.2, 0) is 13.0 Å². The van der Waals surface area contributed by atoms with Gasteiger partial charge in [-0.15, -0.1) is 24.0 Å². The van der Waals surface area contributed by atoms with Crippen LogP contribution >= 0.6 is 35.6 Å². The van der Waals surface area contributed by atoms with E-state index in [2.05, 4.69) is 21.7 Å². The van der Waals surface area contributed by atoms with Crippen molar-refractivity contribution in [2.45, 2.75) is 13.0 Å². The SMILES string of the molecule is CN=C(NCCc1cccc(Cl)c1)NCc1ccc(OC)cc1.I. The van der Waals surface area contributed by atoms with Crippen molar-refractivity contribution in [3.63, 3.8) is 0 Å². The Morgan fingerprint density at radius 2 is 1.83 bits per heavy atom. The highest BCUT2D eigenvalue weighted by Gasteiger charge is 2.00. The van der Waals surface area contributed by atoms with Crippen LogP contribution in [0.25, 0.3) is 0 Å². The molecule has 0 aliphatic carbocycles. The minimum absolute atomic E-state index is 0. The molecular formula is C18H23ClIN3O. The Hall–Kier alpha value is -1.47. The molecule has 0 amide bonds. The first kappa shape index (κ1) is 20.6. The molecule has 2 aromatic carbocycles. The van der Waals surface area contributed by atoms with E-state index >= 15 is 0 Å². The van der Waals surface area contributed by atoms with Gasteiger partial charge in [0.25, 0.3) is 0 Å². The Balaban J connectivity index is 0.00000288. The third-order valence-corrected chi connectivity index (χ3v) is 3.67. The fourth-order valence-corrected chi connectivity index (χ4v) is 2.38. The molecule has 2 N–H and O–H groups in total. The zero-order valence-electron chi connectivity index (χ0n) is 13.9. The number of hydrogen-bond donors (Lipinski definition) is 2. The molecule has 4 nitrogen and oxygen atoms in total. The fraction of sp³-hybridized carbons (Fsp3) is 0.278. The van der Waals surface area contributed by atoms with Crippen LogP contribution < -0.4 is 15.4 Å². The van der Waals surface area contributed by atoms with Crippen molar-refractivity contribution >= 4 is 41.5 Å². The Morgan fingerprint density at radius 3 is 2.46 bits per heavy atom. The van der Waals surface area contributed by atoms with Gasteiger partial charge >= 0.3 is 0 Å². The van der Waals surface area contributed by atoms with E-state index in [0.717, 1.165) is 29.7 Å². The van der Waals surface area contributed by atoms with E-state index in [-0.39, 0.29) is 24.0 Å². The number of benzene rings is 2. The summed E-state index contributed by atoms with van der Waals surface area (Å²) in [5, 5.41) is 7.36. The zero-order chi connectivity index (χ0) is 16.5. The Kier molecular flexibility index (Phi) is 9.56. The average molecular weight is 460 g/mol. The molecule has 0 spiro atoms. The molecule has 2 rings (SSSR count). The van der Waals surface area contributed by atoms with Gasteiger partial charge in [0.05, 0.1) is 7.11 Å². The van der Waals surface area contributed by atoms with Crippen molar-refractivity contribution in [3.8, 4) is 5.75 Å². The number of aliphatic imine (C=N–C) groups is 1. The maximum absolute atomic E-state index is 5.99. The van der Waals surface area contributed by atoms with Gasteiger partial charge in [-0.25, -0.2) is 0 Å². The zero-order valence-corrected chi connectivity index (χ0v) is 17.0. The maximum Gasteiger partial charge on any atom is 0.191 e. The molecule has 0 saturated carbocycles. The van der Waals surface area contributed by atoms with E-state index in [0.29, 0.717) is 6.54 Å². The van der Waals surface area contributed by atoms with Gasteiger partial charge < -0.3 is 15.4 Å². The number of methoxy groups -OCH3 is 1. The molecule has 0 heterocycles. The molecule has 130 valence electrons. The third-order valence-electron chi connectivity index (χ3n) is 3.44. The van der Waals surface area contributed by atoms with Crippen LogP contribution in [0.3, 0.4) is 0 Å². The summed E-state index contributed by atoms with van der Waals surface area (Å²) in [6, 6.07) is 15.9. The second-order valence-corrected chi connectivity index (χ2v) is 5.52. The first-order valence-corrected chi connectivity index (χ1v) is 7.91. The largest absolute Gasteiger partial charge is 0.497 e. The summed E-state index contributed by atoms with van der Waals surface area (Å²) < 4.78 is 5.15. The molecule has 0 fully saturated rings. The number of hydrogen-bond acceptors (Lipinski definition) is 2. The highest BCUT2D eigenvalue weighted by Crippen LogP contribution is 2.11. The molecule has 0 aliphatic rings. The smallest absolute Gasteiger partial charge is 0.191 e. The highest BCUT2D eigenvalue weighted by atomic mass is 127. The number of rotatable bonds is 6. The Bertz CT molecular complexity index is 647. The van der Waals surface area contributed by atoms with Crippen LogP contribution in [0.15, 0.2) is 53.5 Å². The molecule has 2 aromatic rings. The maximum atomic E-state index is 5.99. The van der Waals surface area contributed by atoms with Crippen molar-refractivity contribution in [1.82, 2.24) is 10.6 Å². The van der Waals surface area contributed by atoms with E-state index < -0.39 is 0 Å². The van der Waals surface area contributed by atoms with Gasteiger partial charge in [0.2, 0.25) is 0 Å². The molecule has 0 aromatic heterocycles. The number of ether oxygens (including phenoxy) is 1. The van der Waals surface area contributed by atoms with Crippen LogP contribution in [0, 0.1) is 0 Å². The van der Waals surface area contributed by atoms with Gasteiger partial charge in [0.1, 0.15) is 5.75 Å². The lowest BCUT2D eigenvalue weighted by molar-refractivity contribution is 0.414. The number of nitrogens with zero attached hydrogens (tertiary/aromatic N) is 1. The molecule has 0 radical (unpaired) electrons. The van der Waals surface area contributed by atoms with Gasteiger partial charge in [0.15, 0.2) is 5.96 Å². The van der Waals surface area contributed by atoms with E-state index in [1.165, 1.54) is 11.1 Å². The van der Waals surface area contributed by atoms with E-state index in [9.17, 15) is 0 Å². The predicted molar refractivity (Wildman–Crippen MR) is 112 cm³/mol. The summed E-state index contributed by atoms with van der Waals surface area (Å²) >= 11 is 5.99. The van der Waals surface area contributed by atoms with Crippen molar-refractivity contribution in [3.05, 3.63) is 64.7 Å². The van der Waals surface area contributed by atoms with Gasteiger partial charge in [-0.1, -0.05) is 35.9 Å². The normalized spacial score (nSPS) is 10.7. The minimum Gasteiger partial charge on any atom is -0.497 e. The summed E-state index contributed by atoms with van der Waals surface area (Å²) in [7, 11) is 3.43. The van der Waals surface area contributed by atoms with Crippen molar-refractivity contribution in [1.29, 1.82) is 0 Å². The summed E-state index contributed by atoms with van der Waals surface area (Å²) in [6.07, 6.45) is 0.893. The monoisotopic (exact) mass is 459 g/mol. The standard InChI is InChI=1S/C18H22ClN3O.HI/c1-20-18(21-11-10-14-4-3-5-16(19)12-14)22-13-15-6-8-17(23-2)9-7-15;/h3-9,12H,10-11,13H2,1-2H3,(H2,20,21,22);1H. The molecule has 24 heavy (non-hydrogen) atoms. The fourth-order valence-electron chi connectivity index (χ4n) is 2.17. The second-order valence-electron chi connectivity index (χ2n) is 5.08. The lowest BCUT2D eigenvalue weighted by Gasteiger charge is -2.12. The molecular weight excluding hydrogens is 437 g/mol. The van der Waals surface area contributed by atoms with Crippen LogP contribution in [0.4, 0.5) is 0 Å². The lowest BCUT2D eigenvalue weighted by Crippen LogP contribution is -2.37. The Labute approximate surface area is 165 Å². The van der Waals surface area contributed by atoms with E-state index in [1.54, 1.807) is 14.2 Å². The molecule has 0 aliphatic heterocycles. The minimum atomic E-state index is 0. The van der Waals surface area contributed by atoms with Gasteiger partial charge in [-0.3, -0.25) is 4.99 Å². The van der Waals surface area contributed by atoms with Gasteiger partial charge in [-0.2, -0.15) is 0 Å². The first-order valence-electron chi connectivity index (χ1n) is 7.53. The Morgan fingerprint density at radius 1 is 1.08 bits per heavy atom. The van der Waals surface area contributed by atoms with Crippen LogP contribution in [-0.4, -0.2) is 26.7 Å². The number of nitrogens with one attached hydrogen (secondary N) is 2. The molecule has 0 bridgehead atoms. The van der Waals surface area contributed by atoms with Crippen LogP contribution in [0.1, 0.15) is 11.1 Å². The van der Waals surface area contributed by atoms with E-state index in [1.807, 2.05) is 42.5 Å². The third kappa shape index (κ3) is 6.97. The highest BCUT2D eigenvalue weighted by molar-refractivity contribution is 14.0. The quantitative estimate of drug-likeness (QED) is 0.392. The summed E-state index contributed by atoms with van der Waals surface area (Å²) in [6.45, 7) is 1.50. The van der Waals surface area contributed by atoms with Crippen LogP contribution in [0.2, 0.25) is 5.02 Å². The summed E-state index contributed by atoms with van der Waals surface area (Å²) in [4.78, 5) is 4.23. The lowest BCUT2D eigenvalue weighted by atomic mass is 10.1. The molecule has 0 unspecified atom stereocenters. The predicted octanol–water partition coefficient (Wildman–Crippen LogP) is 3.87. The van der Waals surface area contributed by atoms with Gasteiger partial charge in [0, 0.05) is 25.2 Å². The first-order chi connectivity index (χ1) is 11.2. The summed E-state index contributed by atoms with van der Waals surface area (Å²) in [5.41, 5.74) is 2.37. The average Bonchev–Trinajstić information content (AvgIpc) is 2.58. The molecule has 6 heteroatoms. The summed E-state index contributed by atoms with van der Waals surface area (Å²) in [5.74, 6) is 1.64. The van der Waals surface area contributed by atoms with Crippen LogP contribution in [0.5, 0.6) is 5.75 Å². The van der Waals surface area contributed by atoms with Crippen molar-refractivity contribution in [2.24, 2.45) is 4.99 Å². The number of guanidine groups is 1. The molecule has 0 atom stereocenters. The van der Waals surface area contributed by atoms with Gasteiger partial charge in [-0.05, 0) is 41.8 Å². The topological polar surface area (TPSA) is 45.7 Å².